The van der Waals surface area contributed by atoms with Gasteiger partial charge >= 0.3 is 0 Å². The molecule has 4 aromatic rings. The second-order valence-corrected chi connectivity index (χ2v) is 6.39. The minimum atomic E-state index is 0.322. The highest BCUT2D eigenvalue weighted by molar-refractivity contribution is 5.95. The van der Waals surface area contributed by atoms with Gasteiger partial charge in [0.25, 0.3) is 0 Å². The van der Waals surface area contributed by atoms with Crippen LogP contribution in [0.2, 0.25) is 0 Å². The largest absolute Gasteiger partial charge is 0.494 e. The monoisotopic (exact) mass is 331 g/mol. The average molecular weight is 331 g/mol. The Kier molecular flexibility index (Phi) is 2.94. The van der Waals surface area contributed by atoms with Crippen molar-refractivity contribution in [1.82, 2.24) is 19.6 Å². The molecule has 6 heteroatoms. The molecular weight excluding hydrogens is 314 g/mol. The Bertz CT molecular complexity index is 1090. The van der Waals surface area contributed by atoms with E-state index in [0.29, 0.717) is 29.1 Å². The molecule has 25 heavy (non-hydrogen) atoms. The minimum absolute atomic E-state index is 0.322. The molecule has 0 saturated heterocycles. The lowest BCUT2D eigenvalue weighted by Gasteiger charge is -2.06. The van der Waals surface area contributed by atoms with E-state index < -0.39 is 0 Å². The zero-order valence-electron chi connectivity index (χ0n) is 13.8. The lowest BCUT2D eigenvalue weighted by Crippen LogP contribution is -2.03. The molecule has 0 amide bonds. The first-order chi connectivity index (χ1) is 12.3. The molecule has 0 spiro atoms. The highest BCUT2D eigenvalue weighted by Gasteiger charge is 2.42. The minimum Gasteiger partial charge on any atom is -0.494 e. The third kappa shape index (κ3) is 2.14. The lowest BCUT2D eigenvalue weighted by molar-refractivity contribution is 0.419. The van der Waals surface area contributed by atoms with Gasteiger partial charge in [-0.05, 0) is 30.0 Å². The highest BCUT2D eigenvalue weighted by atomic mass is 16.5. The number of aromatic nitrogens is 4. The van der Waals surface area contributed by atoms with Crippen LogP contribution in [-0.4, -0.2) is 26.7 Å². The maximum atomic E-state index is 6.12. The fraction of sp³-hybridized carbons (Fsp3) is 0.211. The Morgan fingerprint density at radius 2 is 1.88 bits per heavy atom. The number of anilines is 1. The number of rotatable bonds is 3. The van der Waals surface area contributed by atoms with E-state index in [4.69, 9.17) is 15.5 Å². The number of ether oxygens (including phenoxy) is 1. The predicted octanol–water partition coefficient (Wildman–Crippen LogP) is 3.14. The topological polar surface area (TPSA) is 78.3 Å². The summed E-state index contributed by atoms with van der Waals surface area (Å²) in [4.78, 5) is 9.25. The fourth-order valence-corrected chi connectivity index (χ4v) is 3.51. The van der Waals surface area contributed by atoms with Gasteiger partial charge in [0.05, 0.1) is 7.11 Å². The summed E-state index contributed by atoms with van der Waals surface area (Å²) in [5.74, 6) is 2.65. The van der Waals surface area contributed by atoms with Crippen LogP contribution in [0.15, 0.2) is 48.5 Å². The van der Waals surface area contributed by atoms with E-state index in [0.717, 1.165) is 23.3 Å². The molecule has 2 aromatic carbocycles. The van der Waals surface area contributed by atoms with Crippen molar-refractivity contribution >= 4 is 22.5 Å². The van der Waals surface area contributed by atoms with Crippen LogP contribution in [-0.2, 0) is 0 Å². The van der Waals surface area contributed by atoms with Crippen LogP contribution in [0.4, 0.5) is 5.95 Å². The van der Waals surface area contributed by atoms with E-state index in [2.05, 4.69) is 34.3 Å². The second-order valence-electron chi connectivity index (χ2n) is 6.39. The standard InChI is InChI=1S/C19H17N5O/c1-25-15-9-5-8-12-16(15)21-19(20)24-18(12)22-17(23-24)14-10-13(14)11-6-3-2-4-7-11/h2-9,13-14H,10H2,1H3,(H2,20,21)/t13-,14+/m0/s1. The van der Waals surface area contributed by atoms with Crippen molar-refractivity contribution < 1.29 is 4.74 Å². The second kappa shape index (κ2) is 5.17. The summed E-state index contributed by atoms with van der Waals surface area (Å²) in [6.07, 6.45) is 1.06. The summed E-state index contributed by atoms with van der Waals surface area (Å²) < 4.78 is 7.03. The molecule has 2 heterocycles. The van der Waals surface area contributed by atoms with Gasteiger partial charge in [-0.15, -0.1) is 5.10 Å². The van der Waals surface area contributed by atoms with Gasteiger partial charge in [0.2, 0.25) is 5.95 Å². The van der Waals surface area contributed by atoms with Gasteiger partial charge < -0.3 is 10.5 Å². The number of nitrogens with zero attached hydrogens (tertiary/aromatic N) is 4. The molecule has 1 fully saturated rings. The fourth-order valence-electron chi connectivity index (χ4n) is 3.51. The predicted molar refractivity (Wildman–Crippen MR) is 95.8 cm³/mol. The average Bonchev–Trinajstić information content (AvgIpc) is 3.32. The van der Waals surface area contributed by atoms with Gasteiger partial charge in [-0.25, -0.2) is 9.97 Å². The maximum Gasteiger partial charge on any atom is 0.223 e. The van der Waals surface area contributed by atoms with Gasteiger partial charge in [0.15, 0.2) is 11.5 Å². The van der Waals surface area contributed by atoms with Crippen LogP contribution in [0.25, 0.3) is 16.6 Å². The van der Waals surface area contributed by atoms with Gasteiger partial charge in [0.1, 0.15) is 11.3 Å². The van der Waals surface area contributed by atoms with Gasteiger partial charge in [0, 0.05) is 11.3 Å². The lowest BCUT2D eigenvalue weighted by atomic mass is 10.1. The first-order valence-electron chi connectivity index (χ1n) is 8.30. The number of benzene rings is 2. The van der Waals surface area contributed by atoms with Crippen molar-refractivity contribution in [3.63, 3.8) is 0 Å². The van der Waals surface area contributed by atoms with Gasteiger partial charge in [-0.3, -0.25) is 0 Å². The Balaban J connectivity index is 1.63. The molecule has 2 atom stereocenters. The van der Waals surface area contributed by atoms with Crippen molar-refractivity contribution in [3.05, 3.63) is 59.9 Å². The van der Waals surface area contributed by atoms with Gasteiger partial charge in [-0.1, -0.05) is 36.4 Å². The summed E-state index contributed by atoms with van der Waals surface area (Å²) >= 11 is 0. The molecule has 1 aliphatic rings. The molecular formula is C19H17N5O. The van der Waals surface area contributed by atoms with Crippen molar-refractivity contribution in [2.45, 2.75) is 18.3 Å². The number of nitrogen functional groups attached to an aromatic ring is 1. The number of para-hydroxylation sites is 1. The number of methoxy groups -OCH3 is 1. The van der Waals surface area contributed by atoms with E-state index in [1.165, 1.54) is 5.56 Å². The van der Waals surface area contributed by atoms with E-state index in [1.54, 1.807) is 11.6 Å². The third-order valence-corrected chi connectivity index (χ3v) is 4.88. The molecule has 0 aliphatic heterocycles. The number of fused-ring (bicyclic) bond motifs is 3. The quantitative estimate of drug-likeness (QED) is 0.624. The number of hydrogen-bond donors (Lipinski definition) is 1. The highest BCUT2D eigenvalue weighted by Crippen LogP contribution is 2.53. The van der Waals surface area contributed by atoms with E-state index in [1.807, 2.05) is 24.3 Å². The first-order valence-corrected chi connectivity index (χ1v) is 8.30. The van der Waals surface area contributed by atoms with E-state index in [-0.39, 0.29) is 0 Å². The molecule has 6 nitrogen and oxygen atoms in total. The SMILES string of the molecule is COc1cccc2c1nc(N)n1nc([C@@H]3C[C@H]3c3ccccc3)nc21. The van der Waals surface area contributed by atoms with Crippen LogP contribution in [0, 0.1) is 0 Å². The Morgan fingerprint density at radius 1 is 1.04 bits per heavy atom. The van der Waals surface area contributed by atoms with Crippen molar-refractivity contribution in [3.8, 4) is 5.75 Å². The Morgan fingerprint density at radius 3 is 2.68 bits per heavy atom. The third-order valence-electron chi connectivity index (χ3n) is 4.88. The zero-order valence-corrected chi connectivity index (χ0v) is 13.8. The molecule has 5 rings (SSSR count). The number of nitrogens with two attached hydrogens (primary N) is 1. The molecule has 0 radical (unpaired) electrons. The van der Waals surface area contributed by atoms with Crippen LogP contribution in [0.3, 0.4) is 0 Å². The van der Waals surface area contributed by atoms with Crippen molar-refractivity contribution in [2.24, 2.45) is 0 Å². The number of hydrogen-bond acceptors (Lipinski definition) is 5. The molecule has 1 aliphatic carbocycles. The van der Waals surface area contributed by atoms with Crippen LogP contribution < -0.4 is 10.5 Å². The summed E-state index contributed by atoms with van der Waals surface area (Å²) in [7, 11) is 1.63. The Hall–Kier alpha value is -3.15. The van der Waals surface area contributed by atoms with Crippen LogP contribution >= 0.6 is 0 Å². The molecule has 2 aromatic heterocycles. The van der Waals surface area contributed by atoms with Gasteiger partial charge in [-0.2, -0.15) is 4.52 Å². The summed E-state index contributed by atoms with van der Waals surface area (Å²) in [6.45, 7) is 0. The zero-order chi connectivity index (χ0) is 17.0. The summed E-state index contributed by atoms with van der Waals surface area (Å²) in [5.41, 5.74) is 8.90. The first kappa shape index (κ1) is 14.2. The van der Waals surface area contributed by atoms with Crippen molar-refractivity contribution in [2.75, 3.05) is 12.8 Å². The Labute approximate surface area is 144 Å². The summed E-state index contributed by atoms with van der Waals surface area (Å²) in [5, 5.41) is 5.53. The molecule has 0 unspecified atom stereocenters. The molecule has 124 valence electrons. The molecule has 0 bridgehead atoms. The molecule has 2 N–H and O–H groups in total. The smallest absolute Gasteiger partial charge is 0.223 e. The van der Waals surface area contributed by atoms with E-state index in [9.17, 15) is 0 Å². The summed E-state index contributed by atoms with van der Waals surface area (Å²) in [6, 6.07) is 16.3. The molecule has 1 saturated carbocycles. The van der Waals surface area contributed by atoms with E-state index >= 15 is 0 Å². The van der Waals surface area contributed by atoms with Crippen LogP contribution in [0.1, 0.15) is 29.6 Å². The maximum absolute atomic E-state index is 6.12. The normalized spacial score (nSPS) is 19.4. The van der Waals surface area contributed by atoms with Crippen LogP contribution in [0.5, 0.6) is 5.75 Å². The van der Waals surface area contributed by atoms with Crippen molar-refractivity contribution in [1.29, 1.82) is 0 Å².